The molecule has 19 heavy (non-hydrogen) atoms. The van der Waals surface area contributed by atoms with E-state index in [1.54, 1.807) is 13.8 Å². The Hall–Kier alpha value is -1.35. The summed E-state index contributed by atoms with van der Waals surface area (Å²) in [4.78, 5) is 12.2. The first kappa shape index (κ1) is 15.7. The van der Waals surface area contributed by atoms with Crippen LogP contribution in [0.1, 0.15) is 39.7 Å². The van der Waals surface area contributed by atoms with Crippen LogP contribution >= 0.6 is 0 Å². The molecule has 1 aromatic carbocycles. The second-order valence-electron chi connectivity index (χ2n) is 5.13. The highest BCUT2D eigenvalue weighted by Crippen LogP contribution is 2.36. The Labute approximate surface area is 115 Å². The van der Waals surface area contributed by atoms with Gasteiger partial charge in [0.25, 0.3) is 0 Å². The van der Waals surface area contributed by atoms with Crippen LogP contribution in [0.2, 0.25) is 0 Å². The zero-order chi connectivity index (χ0) is 14.5. The molecule has 0 radical (unpaired) electrons. The fraction of sp³-hybridized carbons (Fsp3) is 0.562. The predicted molar refractivity (Wildman–Crippen MR) is 75.6 cm³/mol. The topological polar surface area (TPSA) is 46.5 Å². The molecule has 1 aromatic rings. The number of esters is 1. The summed E-state index contributed by atoms with van der Waals surface area (Å²) in [6.07, 6.45) is 0.812. The van der Waals surface area contributed by atoms with Crippen LogP contribution in [-0.2, 0) is 15.1 Å². The van der Waals surface area contributed by atoms with Crippen LogP contribution in [0.3, 0.4) is 0 Å². The normalized spacial score (nSPS) is 17.3. The Bertz CT molecular complexity index is 398. The van der Waals surface area contributed by atoms with Crippen LogP contribution in [0.25, 0.3) is 0 Å². The fourth-order valence-corrected chi connectivity index (χ4v) is 2.44. The molecule has 3 heteroatoms. The zero-order valence-electron chi connectivity index (χ0n) is 12.2. The van der Waals surface area contributed by atoms with Gasteiger partial charge in [-0.2, -0.15) is 0 Å². The fourth-order valence-electron chi connectivity index (χ4n) is 2.44. The smallest absolute Gasteiger partial charge is 0.312 e. The first-order valence-corrected chi connectivity index (χ1v) is 6.89. The molecule has 0 fully saturated rings. The summed E-state index contributed by atoms with van der Waals surface area (Å²) in [6, 6.07) is 9.30. The Morgan fingerprint density at radius 1 is 1.32 bits per heavy atom. The molecule has 3 unspecified atom stereocenters. The Balaban J connectivity index is 3.12. The lowest BCUT2D eigenvalue weighted by molar-refractivity contribution is -0.162. The summed E-state index contributed by atoms with van der Waals surface area (Å²) in [7, 11) is 0. The number of ether oxygens (including phenoxy) is 1. The summed E-state index contributed by atoms with van der Waals surface area (Å²) in [6.45, 7) is 7.78. The van der Waals surface area contributed by atoms with Gasteiger partial charge in [-0.3, -0.25) is 4.79 Å². The van der Waals surface area contributed by atoms with E-state index in [4.69, 9.17) is 4.74 Å². The molecule has 3 nitrogen and oxygen atoms in total. The van der Waals surface area contributed by atoms with Gasteiger partial charge >= 0.3 is 5.97 Å². The van der Waals surface area contributed by atoms with Gasteiger partial charge in [-0.15, -0.1) is 0 Å². The third-order valence-corrected chi connectivity index (χ3v) is 3.72. The van der Waals surface area contributed by atoms with Crippen molar-refractivity contribution in [2.75, 3.05) is 6.61 Å². The van der Waals surface area contributed by atoms with Gasteiger partial charge in [0, 0.05) is 0 Å². The maximum absolute atomic E-state index is 12.2. The molecule has 1 rings (SSSR count). The van der Waals surface area contributed by atoms with Gasteiger partial charge in [0.1, 0.15) is 5.60 Å². The van der Waals surface area contributed by atoms with Crippen molar-refractivity contribution >= 4 is 5.97 Å². The molecule has 0 amide bonds. The van der Waals surface area contributed by atoms with Gasteiger partial charge in [-0.05, 0) is 25.3 Å². The zero-order valence-corrected chi connectivity index (χ0v) is 12.2. The van der Waals surface area contributed by atoms with E-state index < -0.39 is 11.5 Å². The van der Waals surface area contributed by atoms with Crippen LogP contribution in [0.5, 0.6) is 0 Å². The van der Waals surface area contributed by atoms with Crippen molar-refractivity contribution in [1.82, 2.24) is 0 Å². The minimum Gasteiger partial charge on any atom is -0.466 e. The first-order chi connectivity index (χ1) is 8.95. The van der Waals surface area contributed by atoms with E-state index >= 15 is 0 Å². The van der Waals surface area contributed by atoms with Crippen LogP contribution in [0.15, 0.2) is 30.3 Å². The number of carbonyl (C=O) groups is 1. The highest BCUT2D eigenvalue weighted by atomic mass is 16.5. The van der Waals surface area contributed by atoms with E-state index in [1.165, 1.54) is 0 Å². The van der Waals surface area contributed by atoms with E-state index in [0.29, 0.717) is 6.61 Å². The Kier molecular flexibility index (Phi) is 5.55. The van der Waals surface area contributed by atoms with Gasteiger partial charge in [-0.1, -0.05) is 50.6 Å². The van der Waals surface area contributed by atoms with Crippen LogP contribution < -0.4 is 0 Å². The lowest BCUT2D eigenvalue weighted by Gasteiger charge is -2.35. The lowest BCUT2D eigenvalue weighted by Crippen LogP contribution is -2.42. The van der Waals surface area contributed by atoms with Crippen molar-refractivity contribution in [3.8, 4) is 0 Å². The summed E-state index contributed by atoms with van der Waals surface area (Å²) in [5, 5.41) is 10.8. The minimum atomic E-state index is -1.22. The molecule has 1 N–H and O–H groups in total. The minimum absolute atomic E-state index is 0.0502. The van der Waals surface area contributed by atoms with Crippen molar-refractivity contribution in [2.45, 2.75) is 39.7 Å². The standard InChI is InChI=1S/C16H24O3/c1-5-12(3)14(15(17)19-6-2)16(4,18)13-10-8-7-9-11-13/h7-12,14,18H,5-6H2,1-4H3. The molecule has 0 aliphatic carbocycles. The average Bonchev–Trinajstić information content (AvgIpc) is 2.39. The molecular weight excluding hydrogens is 240 g/mol. The SMILES string of the molecule is CCOC(=O)C(C(C)CC)C(C)(O)c1ccccc1. The van der Waals surface area contributed by atoms with E-state index in [0.717, 1.165) is 12.0 Å². The van der Waals surface area contributed by atoms with E-state index in [-0.39, 0.29) is 11.9 Å². The van der Waals surface area contributed by atoms with Crippen molar-refractivity contribution in [1.29, 1.82) is 0 Å². The quantitative estimate of drug-likeness (QED) is 0.803. The molecule has 0 bridgehead atoms. The maximum Gasteiger partial charge on any atom is 0.312 e. The molecule has 3 atom stereocenters. The number of hydrogen-bond acceptors (Lipinski definition) is 3. The molecule has 0 heterocycles. The van der Waals surface area contributed by atoms with Gasteiger partial charge in [0.15, 0.2) is 0 Å². The third-order valence-electron chi connectivity index (χ3n) is 3.72. The molecule has 0 aliphatic rings. The summed E-state index contributed by atoms with van der Waals surface area (Å²) >= 11 is 0. The molecular formula is C16H24O3. The van der Waals surface area contributed by atoms with Crippen molar-refractivity contribution < 1.29 is 14.6 Å². The van der Waals surface area contributed by atoms with Crippen molar-refractivity contribution in [3.05, 3.63) is 35.9 Å². The number of hydrogen-bond donors (Lipinski definition) is 1. The van der Waals surface area contributed by atoms with E-state index in [1.807, 2.05) is 44.2 Å². The highest BCUT2D eigenvalue weighted by Gasteiger charge is 2.42. The lowest BCUT2D eigenvalue weighted by atomic mass is 9.75. The van der Waals surface area contributed by atoms with E-state index in [9.17, 15) is 9.90 Å². The molecule has 0 spiro atoms. The van der Waals surface area contributed by atoms with Gasteiger partial charge in [0.05, 0.1) is 12.5 Å². The molecule has 106 valence electrons. The third kappa shape index (κ3) is 3.57. The number of carbonyl (C=O) groups excluding carboxylic acids is 1. The second-order valence-corrected chi connectivity index (χ2v) is 5.13. The second kappa shape index (κ2) is 6.71. The van der Waals surface area contributed by atoms with Crippen molar-refractivity contribution in [3.63, 3.8) is 0 Å². The van der Waals surface area contributed by atoms with Crippen molar-refractivity contribution in [2.24, 2.45) is 11.8 Å². The molecule has 0 saturated carbocycles. The number of aliphatic hydroxyl groups is 1. The molecule has 0 aliphatic heterocycles. The Morgan fingerprint density at radius 2 is 1.89 bits per heavy atom. The monoisotopic (exact) mass is 264 g/mol. The average molecular weight is 264 g/mol. The molecule has 0 saturated heterocycles. The van der Waals surface area contributed by atoms with Crippen LogP contribution in [0, 0.1) is 11.8 Å². The molecule has 0 aromatic heterocycles. The van der Waals surface area contributed by atoms with Gasteiger partial charge in [0.2, 0.25) is 0 Å². The summed E-state index contributed by atoms with van der Waals surface area (Å²) in [5.41, 5.74) is -0.475. The van der Waals surface area contributed by atoms with Crippen LogP contribution in [0.4, 0.5) is 0 Å². The first-order valence-electron chi connectivity index (χ1n) is 6.89. The van der Waals surface area contributed by atoms with Gasteiger partial charge < -0.3 is 9.84 Å². The van der Waals surface area contributed by atoms with Crippen LogP contribution in [-0.4, -0.2) is 17.7 Å². The Morgan fingerprint density at radius 3 is 2.37 bits per heavy atom. The number of benzene rings is 1. The highest BCUT2D eigenvalue weighted by molar-refractivity contribution is 5.74. The van der Waals surface area contributed by atoms with Gasteiger partial charge in [-0.25, -0.2) is 0 Å². The van der Waals surface area contributed by atoms with E-state index in [2.05, 4.69) is 0 Å². The number of rotatable bonds is 6. The maximum atomic E-state index is 12.2. The summed E-state index contributed by atoms with van der Waals surface area (Å²) < 4.78 is 5.14. The predicted octanol–water partition coefficient (Wildman–Crippen LogP) is 3.12. The summed E-state index contributed by atoms with van der Waals surface area (Å²) in [5.74, 6) is -0.834. The largest absolute Gasteiger partial charge is 0.466 e.